The van der Waals surface area contributed by atoms with Gasteiger partial charge in [0.15, 0.2) is 0 Å². The highest BCUT2D eigenvalue weighted by Crippen LogP contribution is 2.05. The molecule has 1 aliphatic rings. The van der Waals surface area contributed by atoms with Gasteiger partial charge in [0.1, 0.15) is 0 Å². The standard InChI is InChI=1S/C12H23N3O3/c1-9(11(16)17)10(2)14-12(18)13-5-8-15-6-3-4-7-15/h9-10H,3-8H2,1-2H3,(H,16,17)(H2,13,14,18). The van der Waals surface area contributed by atoms with Crippen molar-refractivity contribution in [3.05, 3.63) is 0 Å². The minimum atomic E-state index is -0.903. The quantitative estimate of drug-likeness (QED) is 0.647. The van der Waals surface area contributed by atoms with Crippen LogP contribution in [-0.2, 0) is 4.79 Å². The number of rotatable bonds is 6. The van der Waals surface area contributed by atoms with Crippen molar-refractivity contribution < 1.29 is 14.7 Å². The summed E-state index contributed by atoms with van der Waals surface area (Å²) in [4.78, 5) is 24.6. The molecule has 2 unspecified atom stereocenters. The maximum absolute atomic E-state index is 11.5. The summed E-state index contributed by atoms with van der Waals surface area (Å²) in [5.74, 6) is -1.49. The van der Waals surface area contributed by atoms with Crippen LogP contribution in [0, 0.1) is 5.92 Å². The van der Waals surface area contributed by atoms with E-state index >= 15 is 0 Å². The van der Waals surface area contributed by atoms with E-state index in [1.54, 1.807) is 13.8 Å². The minimum Gasteiger partial charge on any atom is -0.481 e. The number of carboxylic acid groups (broad SMARTS) is 1. The molecule has 0 aromatic rings. The van der Waals surface area contributed by atoms with Gasteiger partial charge in [0, 0.05) is 19.1 Å². The third-order valence-corrected chi connectivity index (χ3v) is 3.41. The molecule has 1 saturated heterocycles. The number of aliphatic carboxylic acids is 1. The molecule has 0 bridgehead atoms. The van der Waals surface area contributed by atoms with Crippen LogP contribution in [0.3, 0.4) is 0 Å². The average Bonchev–Trinajstić information content (AvgIpc) is 2.80. The number of nitrogens with zero attached hydrogens (tertiary/aromatic N) is 1. The van der Waals surface area contributed by atoms with Crippen molar-refractivity contribution in [1.82, 2.24) is 15.5 Å². The van der Waals surface area contributed by atoms with Gasteiger partial charge in [-0.15, -0.1) is 0 Å². The van der Waals surface area contributed by atoms with Crippen LogP contribution in [0.15, 0.2) is 0 Å². The van der Waals surface area contributed by atoms with Crippen molar-refractivity contribution >= 4 is 12.0 Å². The molecule has 104 valence electrons. The summed E-state index contributed by atoms with van der Waals surface area (Å²) in [5.41, 5.74) is 0. The summed E-state index contributed by atoms with van der Waals surface area (Å²) in [6, 6.07) is -0.677. The fraction of sp³-hybridized carbons (Fsp3) is 0.833. The molecule has 0 aromatic carbocycles. The molecule has 2 atom stereocenters. The van der Waals surface area contributed by atoms with Crippen LogP contribution in [0.2, 0.25) is 0 Å². The summed E-state index contributed by atoms with van der Waals surface area (Å²) in [6.45, 7) is 6.94. The molecule has 1 rings (SSSR count). The zero-order valence-electron chi connectivity index (χ0n) is 11.1. The van der Waals surface area contributed by atoms with Gasteiger partial charge >= 0.3 is 12.0 Å². The first-order valence-corrected chi connectivity index (χ1v) is 6.50. The summed E-state index contributed by atoms with van der Waals surface area (Å²) in [6.07, 6.45) is 2.47. The van der Waals surface area contributed by atoms with Crippen LogP contribution >= 0.6 is 0 Å². The maximum atomic E-state index is 11.5. The lowest BCUT2D eigenvalue weighted by Crippen LogP contribution is -2.46. The van der Waals surface area contributed by atoms with Gasteiger partial charge < -0.3 is 20.6 Å². The largest absolute Gasteiger partial charge is 0.481 e. The third-order valence-electron chi connectivity index (χ3n) is 3.41. The van der Waals surface area contributed by atoms with E-state index in [2.05, 4.69) is 15.5 Å². The van der Waals surface area contributed by atoms with Crippen LogP contribution in [0.4, 0.5) is 4.79 Å². The van der Waals surface area contributed by atoms with E-state index in [1.807, 2.05) is 0 Å². The molecular formula is C12H23N3O3. The number of hydrogen-bond acceptors (Lipinski definition) is 3. The van der Waals surface area contributed by atoms with Gasteiger partial charge in [-0.3, -0.25) is 4.79 Å². The van der Waals surface area contributed by atoms with Crippen LogP contribution in [0.5, 0.6) is 0 Å². The second-order valence-electron chi connectivity index (χ2n) is 4.86. The molecule has 0 aliphatic carbocycles. The lowest BCUT2D eigenvalue weighted by molar-refractivity contribution is -0.141. The van der Waals surface area contributed by atoms with Gasteiger partial charge in [-0.25, -0.2) is 4.79 Å². The molecule has 0 aromatic heterocycles. The lowest BCUT2D eigenvalue weighted by atomic mass is 10.0. The Balaban J connectivity index is 2.14. The van der Waals surface area contributed by atoms with Crippen molar-refractivity contribution in [1.29, 1.82) is 0 Å². The third kappa shape index (κ3) is 4.91. The van der Waals surface area contributed by atoms with Crippen LogP contribution in [0.25, 0.3) is 0 Å². The Morgan fingerprint density at radius 3 is 2.44 bits per heavy atom. The van der Waals surface area contributed by atoms with E-state index in [1.165, 1.54) is 12.8 Å². The van der Waals surface area contributed by atoms with E-state index in [0.717, 1.165) is 19.6 Å². The van der Waals surface area contributed by atoms with Crippen LogP contribution in [0.1, 0.15) is 26.7 Å². The molecular weight excluding hydrogens is 234 g/mol. The first kappa shape index (κ1) is 14.8. The number of nitrogens with one attached hydrogen (secondary N) is 2. The van der Waals surface area contributed by atoms with Crippen molar-refractivity contribution in [2.24, 2.45) is 5.92 Å². The Kier molecular flexibility index (Phi) is 5.91. The van der Waals surface area contributed by atoms with E-state index in [9.17, 15) is 9.59 Å². The molecule has 3 N–H and O–H groups in total. The molecule has 18 heavy (non-hydrogen) atoms. The Hall–Kier alpha value is -1.30. The predicted octanol–water partition coefficient (Wildman–Crippen LogP) is 0.491. The zero-order valence-corrected chi connectivity index (χ0v) is 11.1. The average molecular weight is 257 g/mol. The second kappa shape index (κ2) is 7.20. The number of carboxylic acids is 1. The summed E-state index contributed by atoms with van der Waals surface area (Å²) in [7, 11) is 0. The molecule has 0 spiro atoms. The first-order chi connectivity index (χ1) is 8.50. The van der Waals surface area contributed by atoms with E-state index in [4.69, 9.17) is 5.11 Å². The van der Waals surface area contributed by atoms with Crippen LogP contribution in [-0.4, -0.2) is 54.2 Å². The summed E-state index contributed by atoms with van der Waals surface area (Å²) >= 11 is 0. The number of hydrogen-bond donors (Lipinski definition) is 3. The highest BCUT2D eigenvalue weighted by atomic mass is 16.4. The molecule has 0 saturated carbocycles. The van der Waals surface area contributed by atoms with Crippen molar-refractivity contribution in [3.63, 3.8) is 0 Å². The van der Waals surface area contributed by atoms with Gasteiger partial charge in [-0.2, -0.15) is 0 Å². The summed E-state index contributed by atoms with van der Waals surface area (Å²) in [5, 5.41) is 14.2. The maximum Gasteiger partial charge on any atom is 0.315 e. The smallest absolute Gasteiger partial charge is 0.315 e. The second-order valence-corrected chi connectivity index (χ2v) is 4.86. The summed E-state index contributed by atoms with van der Waals surface area (Å²) < 4.78 is 0. The molecule has 1 fully saturated rings. The topological polar surface area (TPSA) is 81.7 Å². The molecule has 6 nitrogen and oxygen atoms in total. The predicted molar refractivity (Wildman–Crippen MR) is 68.5 cm³/mol. The lowest BCUT2D eigenvalue weighted by Gasteiger charge is -2.19. The van der Waals surface area contributed by atoms with E-state index < -0.39 is 11.9 Å². The highest BCUT2D eigenvalue weighted by Gasteiger charge is 2.20. The van der Waals surface area contributed by atoms with Gasteiger partial charge in [0.05, 0.1) is 5.92 Å². The SMILES string of the molecule is CC(NC(=O)NCCN1CCCC1)C(C)C(=O)O. The first-order valence-electron chi connectivity index (χ1n) is 6.50. The highest BCUT2D eigenvalue weighted by molar-refractivity contribution is 5.76. The van der Waals surface area contributed by atoms with E-state index in [-0.39, 0.29) is 12.1 Å². The van der Waals surface area contributed by atoms with Crippen molar-refractivity contribution in [3.8, 4) is 0 Å². The number of carbonyl (C=O) groups is 2. The Bertz CT molecular complexity index is 290. The molecule has 2 amide bonds. The molecule has 1 aliphatic heterocycles. The van der Waals surface area contributed by atoms with Gasteiger partial charge in [0.2, 0.25) is 0 Å². The molecule has 0 radical (unpaired) electrons. The van der Waals surface area contributed by atoms with Gasteiger partial charge in [-0.1, -0.05) is 0 Å². The monoisotopic (exact) mass is 257 g/mol. The van der Waals surface area contributed by atoms with Gasteiger partial charge in [0.25, 0.3) is 0 Å². The fourth-order valence-corrected chi connectivity index (χ4v) is 1.93. The van der Waals surface area contributed by atoms with Crippen LogP contribution < -0.4 is 10.6 Å². The Morgan fingerprint density at radius 2 is 1.89 bits per heavy atom. The Morgan fingerprint density at radius 1 is 1.28 bits per heavy atom. The molecule has 6 heteroatoms. The number of carbonyl (C=O) groups excluding carboxylic acids is 1. The van der Waals surface area contributed by atoms with Crippen molar-refractivity contribution in [2.75, 3.05) is 26.2 Å². The number of urea groups is 1. The fourth-order valence-electron chi connectivity index (χ4n) is 1.93. The van der Waals surface area contributed by atoms with E-state index in [0.29, 0.717) is 6.54 Å². The Labute approximate surface area is 108 Å². The minimum absolute atomic E-state index is 0.296. The zero-order chi connectivity index (χ0) is 13.5. The van der Waals surface area contributed by atoms with Crippen molar-refractivity contribution in [2.45, 2.75) is 32.7 Å². The number of amides is 2. The number of likely N-dealkylation sites (tertiary alicyclic amines) is 1. The molecule has 1 heterocycles. The van der Waals surface area contributed by atoms with Gasteiger partial charge in [-0.05, 0) is 39.8 Å². The normalized spacial score (nSPS) is 19.2.